The van der Waals surface area contributed by atoms with Gasteiger partial charge in [-0.1, -0.05) is 35.4 Å². The van der Waals surface area contributed by atoms with Crippen LogP contribution in [0.5, 0.6) is 0 Å². The summed E-state index contributed by atoms with van der Waals surface area (Å²) in [6.07, 6.45) is 0. The Bertz CT molecular complexity index is 1090. The Kier molecular flexibility index (Phi) is 5.57. The van der Waals surface area contributed by atoms with Gasteiger partial charge in [-0.15, -0.1) is 8.15 Å². The van der Waals surface area contributed by atoms with Crippen LogP contribution in [0.1, 0.15) is 25.0 Å². The number of sulfonamides is 2. The molecule has 0 aromatic heterocycles. The predicted molar refractivity (Wildman–Crippen MR) is 109 cm³/mol. The van der Waals surface area contributed by atoms with Gasteiger partial charge in [0.15, 0.2) is 0 Å². The highest BCUT2D eigenvalue weighted by molar-refractivity contribution is 7.99. The average molecular weight is 458 g/mol. The fourth-order valence-electron chi connectivity index (χ4n) is 3.28. The fourth-order valence-corrected chi connectivity index (χ4v) is 10.8. The van der Waals surface area contributed by atoms with Gasteiger partial charge in [-0.2, -0.15) is 0 Å². The molecular formula is C18H23N2O6PS2. The second-order valence-electron chi connectivity index (χ2n) is 7.18. The topological polar surface area (TPSA) is 112 Å². The van der Waals surface area contributed by atoms with Crippen molar-refractivity contribution in [3.05, 3.63) is 59.7 Å². The molecule has 0 aliphatic carbocycles. The average Bonchev–Trinajstić information content (AvgIpc) is 2.80. The zero-order valence-electron chi connectivity index (χ0n) is 16.4. The first-order chi connectivity index (χ1) is 13.3. The SMILES string of the molecule is Cc1ccc(S(=O)(=O)N2C(C)C(C)N(S(=O)(=O)c3ccc(C)cc3)P2(=O)O)cc1. The van der Waals surface area contributed by atoms with E-state index in [2.05, 4.69) is 0 Å². The van der Waals surface area contributed by atoms with Crippen LogP contribution in [-0.4, -0.2) is 42.0 Å². The molecule has 1 saturated heterocycles. The van der Waals surface area contributed by atoms with E-state index in [1.165, 1.54) is 38.1 Å². The van der Waals surface area contributed by atoms with Gasteiger partial charge in [0.05, 0.1) is 9.79 Å². The second-order valence-corrected chi connectivity index (χ2v) is 13.2. The van der Waals surface area contributed by atoms with Crippen LogP contribution in [0, 0.1) is 13.8 Å². The lowest BCUT2D eigenvalue weighted by molar-refractivity contribution is 0.402. The van der Waals surface area contributed by atoms with E-state index in [1.807, 2.05) is 0 Å². The fraction of sp³-hybridized carbons (Fsp3) is 0.333. The lowest BCUT2D eigenvalue weighted by Gasteiger charge is -2.25. The van der Waals surface area contributed by atoms with Crippen LogP contribution < -0.4 is 0 Å². The number of rotatable bonds is 4. The molecule has 1 fully saturated rings. The van der Waals surface area contributed by atoms with E-state index in [4.69, 9.17) is 0 Å². The number of nitrogens with zero attached hydrogens (tertiary/aromatic N) is 2. The quantitative estimate of drug-likeness (QED) is 0.705. The number of benzene rings is 2. The van der Waals surface area contributed by atoms with Crippen LogP contribution in [0.25, 0.3) is 0 Å². The highest BCUT2D eigenvalue weighted by atomic mass is 32.2. The molecule has 0 bridgehead atoms. The van der Waals surface area contributed by atoms with Gasteiger partial charge in [0, 0.05) is 12.1 Å². The van der Waals surface area contributed by atoms with E-state index >= 15 is 0 Å². The van der Waals surface area contributed by atoms with Crippen LogP contribution >= 0.6 is 7.67 Å². The van der Waals surface area contributed by atoms with E-state index in [-0.39, 0.29) is 9.79 Å². The molecule has 2 atom stereocenters. The summed E-state index contributed by atoms with van der Waals surface area (Å²) in [6.45, 7) is 6.40. The number of aryl methyl sites for hydroxylation is 2. The predicted octanol–water partition coefficient (Wildman–Crippen LogP) is 2.88. The first-order valence-electron chi connectivity index (χ1n) is 8.87. The Morgan fingerprint density at radius 2 is 1.00 bits per heavy atom. The van der Waals surface area contributed by atoms with Gasteiger partial charge in [0.25, 0.3) is 20.0 Å². The first-order valence-corrected chi connectivity index (χ1v) is 13.3. The zero-order valence-corrected chi connectivity index (χ0v) is 18.9. The van der Waals surface area contributed by atoms with Crippen LogP contribution in [0.15, 0.2) is 58.3 Å². The van der Waals surface area contributed by atoms with Crippen molar-refractivity contribution < 1.29 is 26.3 Å². The summed E-state index contributed by atoms with van der Waals surface area (Å²) in [6, 6.07) is 9.52. The molecule has 0 spiro atoms. The van der Waals surface area contributed by atoms with E-state index in [9.17, 15) is 26.3 Å². The molecule has 1 N–H and O–H groups in total. The van der Waals surface area contributed by atoms with E-state index in [0.717, 1.165) is 11.1 Å². The Morgan fingerprint density at radius 1 is 0.724 bits per heavy atom. The van der Waals surface area contributed by atoms with Crippen LogP contribution in [0.2, 0.25) is 0 Å². The lowest BCUT2D eigenvalue weighted by atomic mass is 10.2. The molecule has 29 heavy (non-hydrogen) atoms. The molecule has 1 heterocycles. The van der Waals surface area contributed by atoms with Gasteiger partial charge in [0.1, 0.15) is 0 Å². The van der Waals surface area contributed by atoms with Gasteiger partial charge in [-0.3, -0.25) is 4.57 Å². The summed E-state index contributed by atoms with van der Waals surface area (Å²) in [5, 5.41) is 0. The monoisotopic (exact) mass is 458 g/mol. The Labute approximate surface area is 171 Å². The minimum atomic E-state index is -4.98. The van der Waals surface area contributed by atoms with E-state index in [0.29, 0.717) is 8.15 Å². The lowest BCUT2D eigenvalue weighted by Crippen LogP contribution is -2.37. The molecule has 1 aliphatic heterocycles. The molecule has 8 nitrogen and oxygen atoms in total. The standard InChI is InChI=1S/C18H23N2O6PS2/c1-13-5-9-17(10-6-13)28(23,24)19-15(3)16(4)20(27(19,21)22)29(25,26)18-11-7-14(2)8-12-18/h5-12,15-16H,1-4H3,(H,21,22). The second kappa shape index (κ2) is 7.30. The summed E-state index contributed by atoms with van der Waals surface area (Å²) < 4.78 is 66.8. The number of hydrogen-bond donors (Lipinski definition) is 1. The van der Waals surface area contributed by atoms with Crippen molar-refractivity contribution in [1.29, 1.82) is 0 Å². The minimum Gasteiger partial charge on any atom is -0.320 e. The first kappa shape index (κ1) is 22.1. The van der Waals surface area contributed by atoms with Crippen molar-refractivity contribution in [2.24, 2.45) is 0 Å². The van der Waals surface area contributed by atoms with Gasteiger partial charge in [-0.25, -0.2) is 16.8 Å². The summed E-state index contributed by atoms with van der Waals surface area (Å²) in [7, 11) is -13.8. The molecule has 3 rings (SSSR count). The third kappa shape index (κ3) is 3.58. The highest BCUT2D eigenvalue weighted by Crippen LogP contribution is 2.62. The van der Waals surface area contributed by atoms with Crippen molar-refractivity contribution in [2.75, 3.05) is 0 Å². The van der Waals surface area contributed by atoms with Gasteiger partial charge >= 0.3 is 7.67 Å². The molecule has 2 unspecified atom stereocenters. The van der Waals surface area contributed by atoms with Crippen molar-refractivity contribution >= 4 is 27.7 Å². The van der Waals surface area contributed by atoms with Gasteiger partial charge in [0.2, 0.25) is 0 Å². The van der Waals surface area contributed by atoms with Gasteiger partial charge < -0.3 is 4.89 Å². The van der Waals surface area contributed by atoms with E-state index < -0.39 is 39.8 Å². The van der Waals surface area contributed by atoms with Crippen molar-refractivity contribution in [2.45, 2.75) is 49.6 Å². The van der Waals surface area contributed by atoms with Crippen molar-refractivity contribution in [1.82, 2.24) is 8.15 Å². The number of hydrogen-bond acceptors (Lipinski definition) is 5. The maximum Gasteiger partial charge on any atom is 0.371 e. The third-order valence-corrected chi connectivity index (χ3v) is 12.7. The van der Waals surface area contributed by atoms with Crippen LogP contribution in [0.3, 0.4) is 0 Å². The van der Waals surface area contributed by atoms with Crippen molar-refractivity contribution in [3.63, 3.8) is 0 Å². The van der Waals surface area contributed by atoms with E-state index in [1.54, 1.807) is 38.1 Å². The third-order valence-electron chi connectivity index (χ3n) is 5.04. The Hall–Kier alpha value is -1.55. The Balaban J connectivity index is 2.13. The summed E-state index contributed by atoms with van der Waals surface area (Å²) >= 11 is 0. The molecule has 2 aromatic carbocycles. The minimum absolute atomic E-state index is 0.175. The zero-order chi connectivity index (χ0) is 21.8. The molecule has 158 valence electrons. The molecule has 0 amide bonds. The smallest absolute Gasteiger partial charge is 0.320 e. The molecular weight excluding hydrogens is 435 g/mol. The van der Waals surface area contributed by atoms with Crippen LogP contribution in [-0.2, 0) is 24.6 Å². The normalized spacial score (nSPS) is 26.7. The molecule has 11 heteroatoms. The van der Waals surface area contributed by atoms with Crippen LogP contribution in [0.4, 0.5) is 0 Å². The maximum atomic E-state index is 13.3. The van der Waals surface area contributed by atoms with Gasteiger partial charge in [-0.05, 0) is 52.0 Å². The molecule has 2 aromatic rings. The largest absolute Gasteiger partial charge is 0.371 e. The van der Waals surface area contributed by atoms with Crippen molar-refractivity contribution in [3.8, 4) is 0 Å². The molecule has 0 radical (unpaired) electrons. The highest BCUT2D eigenvalue weighted by Gasteiger charge is 2.61. The summed E-state index contributed by atoms with van der Waals surface area (Å²) in [4.78, 5) is 10.5. The summed E-state index contributed by atoms with van der Waals surface area (Å²) in [5.41, 5.74) is 1.64. The Morgan fingerprint density at radius 3 is 1.28 bits per heavy atom. The maximum absolute atomic E-state index is 13.3. The summed E-state index contributed by atoms with van der Waals surface area (Å²) in [5.74, 6) is 0. The molecule has 0 saturated carbocycles. The molecule has 1 aliphatic rings.